The van der Waals surface area contributed by atoms with Crippen LogP contribution in [0.2, 0.25) is 0 Å². The van der Waals surface area contributed by atoms with E-state index in [0.717, 1.165) is 0 Å². The van der Waals surface area contributed by atoms with Crippen LogP contribution in [0.25, 0.3) is 11.3 Å². The molecule has 0 fully saturated rings. The van der Waals surface area contributed by atoms with Crippen molar-refractivity contribution in [2.45, 2.75) is 26.8 Å². The number of Topliss-reactive ketones (excluding diaryl/α,β-unsaturated/α-hetero) is 1. The van der Waals surface area contributed by atoms with Crippen molar-refractivity contribution in [1.82, 2.24) is 4.57 Å². The monoisotopic (exact) mass is 316 g/mol. The Bertz CT molecular complexity index is 792. The van der Waals surface area contributed by atoms with Gasteiger partial charge in [0.15, 0.2) is 5.78 Å². The standard InChI is InChI=1S/C16H16N2O5/c1-10-13(11(2)19)9-15(17(10)8-7-16(20)21)12-5-3-4-6-14(12)18(22)23/h3-6,9H,7-8H2,1-2H3,(H,20,21). The molecule has 0 aliphatic rings. The summed E-state index contributed by atoms with van der Waals surface area (Å²) in [5.41, 5.74) is 1.78. The number of carbonyl (C=O) groups excluding carboxylic acids is 1. The summed E-state index contributed by atoms with van der Waals surface area (Å²) in [6, 6.07) is 7.78. The maximum absolute atomic E-state index is 11.8. The molecule has 2 rings (SSSR count). The number of benzene rings is 1. The number of ketones is 1. The minimum atomic E-state index is -0.976. The molecule has 1 heterocycles. The van der Waals surface area contributed by atoms with Gasteiger partial charge in [0.25, 0.3) is 5.69 Å². The topological polar surface area (TPSA) is 102 Å². The van der Waals surface area contributed by atoms with Crippen LogP contribution in [0.4, 0.5) is 5.69 Å². The van der Waals surface area contributed by atoms with Crippen LogP contribution in [-0.4, -0.2) is 26.3 Å². The molecule has 0 aliphatic carbocycles. The first kappa shape index (κ1) is 16.4. The van der Waals surface area contributed by atoms with Crippen molar-refractivity contribution in [2.24, 2.45) is 0 Å². The van der Waals surface area contributed by atoms with Crippen LogP contribution in [0.15, 0.2) is 30.3 Å². The Labute approximate surface area is 132 Å². The van der Waals surface area contributed by atoms with Crippen LogP contribution in [0.5, 0.6) is 0 Å². The predicted octanol–water partition coefficient (Wildman–Crippen LogP) is 3.05. The number of nitrogens with zero attached hydrogens (tertiary/aromatic N) is 2. The van der Waals surface area contributed by atoms with Crippen molar-refractivity contribution in [1.29, 1.82) is 0 Å². The van der Waals surface area contributed by atoms with E-state index in [2.05, 4.69) is 0 Å². The number of para-hydroxylation sites is 1. The summed E-state index contributed by atoms with van der Waals surface area (Å²) in [6.07, 6.45) is -0.138. The lowest BCUT2D eigenvalue weighted by atomic mass is 10.1. The molecule has 23 heavy (non-hydrogen) atoms. The molecule has 120 valence electrons. The van der Waals surface area contributed by atoms with Crippen LogP contribution in [-0.2, 0) is 11.3 Å². The summed E-state index contributed by atoms with van der Waals surface area (Å²) in [5, 5.41) is 20.1. The summed E-state index contributed by atoms with van der Waals surface area (Å²) in [6.45, 7) is 3.25. The SMILES string of the molecule is CC(=O)c1cc(-c2ccccc2[N+](=O)[O-])n(CCC(=O)O)c1C. The highest BCUT2D eigenvalue weighted by Crippen LogP contribution is 2.33. The van der Waals surface area contributed by atoms with Gasteiger partial charge in [-0.2, -0.15) is 0 Å². The maximum atomic E-state index is 11.8. The van der Waals surface area contributed by atoms with E-state index in [1.54, 1.807) is 35.8 Å². The minimum absolute atomic E-state index is 0.0864. The highest BCUT2D eigenvalue weighted by molar-refractivity contribution is 5.97. The predicted molar refractivity (Wildman–Crippen MR) is 83.5 cm³/mol. The quantitative estimate of drug-likeness (QED) is 0.501. The van der Waals surface area contributed by atoms with Gasteiger partial charge in [-0.05, 0) is 26.0 Å². The maximum Gasteiger partial charge on any atom is 0.305 e. The van der Waals surface area contributed by atoms with Crippen molar-refractivity contribution >= 4 is 17.4 Å². The smallest absolute Gasteiger partial charge is 0.305 e. The number of carboxylic acid groups (broad SMARTS) is 1. The molecule has 2 aromatic rings. The Morgan fingerprint density at radius 3 is 2.52 bits per heavy atom. The number of aliphatic carboxylic acids is 1. The Morgan fingerprint density at radius 1 is 1.30 bits per heavy atom. The van der Waals surface area contributed by atoms with E-state index in [9.17, 15) is 19.7 Å². The second-order valence-electron chi connectivity index (χ2n) is 5.15. The molecule has 0 radical (unpaired) electrons. The molecular weight excluding hydrogens is 300 g/mol. The Hall–Kier alpha value is -2.96. The van der Waals surface area contributed by atoms with Gasteiger partial charge < -0.3 is 9.67 Å². The number of hydrogen-bond acceptors (Lipinski definition) is 4. The zero-order valence-corrected chi connectivity index (χ0v) is 12.8. The molecule has 7 nitrogen and oxygen atoms in total. The molecule has 0 saturated carbocycles. The normalized spacial score (nSPS) is 10.5. The molecule has 7 heteroatoms. The second-order valence-corrected chi connectivity index (χ2v) is 5.15. The van der Waals surface area contributed by atoms with E-state index in [1.165, 1.54) is 13.0 Å². The Balaban J connectivity index is 2.66. The number of nitro groups is 1. The van der Waals surface area contributed by atoms with Crippen molar-refractivity contribution in [3.8, 4) is 11.3 Å². The van der Waals surface area contributed by atoms with Crippen LogP contribution in [0.1, 0.15) is 29.4 Å². The molecule has 1 N–H and O–H groups in total. The lowest BCUT2D eigenvalue weighted by molar-refractivity contribution is -0.384. The number of carbonyl (C=O) groups is 2. The summed E-state index contributed by atoms with van der Waals surface area (Å²) in [4.78, 5) is 33.4. The molecule has 0 atom stereocenters. The summed E-state index contributed by atoms with van der Waals surface area (Å²) < 4.78 is 1.65. The third-order valence-corrected chi connectivity index (χ3v) is 3.67. The first-order valence-corrected chi connectivity index (χ1v) is 6.99. The van der Waals surface area contributed by atoms with E-state index in [4.69, 9.17) is 5.11 Å². The molecule has 0 aliphatic heterocycles. The van der Waals surface area contributed by atoms with Crippen molar-refractivity contribution in [3.05, 3.63) is 51.7 Å². The van der Waals surface area contributed by atoms with Crippen molar-refractivity contribution in [2.75, 3.05) is 0 Å². The number of carboxylic acids is 1. The second kappa shape index (κ2) is 6.43. The molecule has 1 aromatic carbocycles. The molecule has 0 amide bonds. The Morgan fingerprint density at radius 2 is 1.96 bits per heavy atom. The van der Waals surface area contributed by atoms with Gasteiger partial charge in [-0.25, -0.2) is 0 Å². The lowest BCUT2D eigenvalue weighted by Gasteiger charge is -2.11. The van der Waals surface area contributed by atoms with Gasteiger partial charge in [-0.15, -0.1) is 0 Å². The van der Waals surface area contributed by atoms with Gasteiger partial charge in [-0.3, -0.25) is 19.7 Å². The zero-order chi connectivity index (χ0) is 17.1. The van der Waals surface area contributed by atoms with E-state index in [-0.39, 0.29) is 24.4 Å². The highest BCUT2D eigenvalue weighted by atomic mass is 16.6. The first-order chi connectivity index (χ1) is 10.8. The minimum Gasteiger partial charge on any atom is -0.481 e. The van der Waals surface area contributed by atoms with E-state index in [0.29, 0.717) is 22.5 Å². The largest absolute Gasteiger partial charge is 0.481 e. The average Bonchev–Trinajstić information content (AvgIpc) is 2.82. The highest BCUT2D eigenvalue weighted by Gasteiger charge is 2.22. The van der Waals surface area contributed by atoms with Crippen LogP contribution in [0.3, 0.4) is 0 Å². The van der Waals surface area contributed by atoms with Gasteiger partial charge in [0.2, 0.25) is 0 Å². The number of nitro benzene ring substituents is 1. The van der Waals surface area contributed by atoms with E-state index < -0.39 is 10.9 Å². The first-order valence-electron chi connectivity index (χ1n) is 6.99. The zero-order valence-electron chi connectivity index (χ0n) is 12.8. The fourth-order valence-electron chi connectivity index (χ4n) is 2.57. The summed E-state index contributed by atoms with van der Waals surface area (Å²) in [5.74, 6) is -1.15. The van der Waals surface area contributed by atoms with Crippen molar-refractivity contribution in [3.63, 3.8) is 0 Å². The average molecular weight is 316 g/mol. The van der Waals surface area contributed by atoms with Gasteiger partial charge in [0.1, 0.15) is 0 Å². The van der Waals surface area contributed by atoms with Crippen LogP contribution >= 0.6 is 0 Å². The molecular formula is C16H16N2O5. The third-order valence-electron chi connectivity index (χ3n) is 3.67. The van der Waals surface area contributed by atoms with E-state index >= 15 is 0 Å². The number of aromatic nitrogens is 1. The van der Waals surface area contributed by atoms with Gasteiger partial charge in [0.05, 0.1) is 22.6 Å². The van der Waals surface area contributed by atoms with Gasteiger partial charge in [-0.1, -0.05) is 12.1 Å². The Kier molecular flexibility index (Phi) is 4.59. The van der Waals surface area contributed by atoms with Gasteiger partial charge >= 0.3 is 5.97 Å². The third kappa shape index (κ3) is 3.28. The molecule has 0 unspecified atom stereocenters. The van der Waals surface area contributed by atoms with Crippen LogP contribution in [0, 0.1) is 17.0 Å². The number of hydrogen-bond donors (Lipinski definition) is 1. The van der Waals surface area contributed by atoms with E-state index in [1.807, 2.05) is 0 Å². The molecule has 1 aromatic heterocycles. The summed E-state index contributed by atoms with van der Waals surface area (Å²) in [7, 11) is 0. The van der Waals surface area contributed by atoms with Crippen molar-refractivity contribution < 1.29 is 19.6 Å². The fraction of sp³-hybridized carbons (Fsp3) is 0.250. The number of rotatable bonds is 6. The van der Waals surface area contributed by atoms with Gasteiger partial charge in [0, 0.05) is 23.9 Å². The molecule has 0 bridgehead atoms. The molecule has 0 spiro atoms. The van der Waals surface area contributed by atoms with Crippen LogP contribution < -0.4 is 0 Å². The summed E-state index contributed by atoms with van der Waals surface area (Å²) >= 11 is 0. The molecule has 0 saturated heterocycles. The fourth-order valence-corrected chi connectivity index (χ4v) is 2.57. The lowest BCUT2D eigenvalue weighted by Crippen LogP contribution is -2.08.